The van der Waals surface area contributed by atoms with Gasteiger partial charge >= 0.3 is 0 Å². The molecule has 0 saturated heterocycles. The van der Waals surface area contributed by atoms with Crippen LogP contribution in [0.2, 0.25) is 0 Å². The first-order chi connectivity index (χ1) is 14.3. The molecular weight excluding hydrogens is 389 g/mol. The summed E-state index contributed by atoms with van der Waals surface area (Å²) in [6, 6.07) is 7.32. The molecule has 3 aromatic rings. The van der Waals surface area contributed by atoms with E-state index < -0.39 is 12.2 Å². The Labute approximate surface area is 176 Å². The molecule has 3 rings (SSSR count). The molecule has 1 aromatic carbocycles. The molecule has 0 spiro atoms. The van der Waals surface area contributed by atoms with Crippen LogP contribution in [0.4, 0.5) is 13.2 Å². The van der Waals surface area contributed by atoms with E-state index in [1.54, 1.807) is 12.1 Å². The third-order valence-corrected chi connectivity index (χ3v) is 4.51. The summed E-state index contributed by atoms with van der Waals surface area (Å²) in [5, 5.41) is 0.671. The van der Waals surface area contributed by atoms with E-state index in [2.05, 4.69) is 23.8 Å². The van der Waals surface area contributed by atoms with Crippen LogP contribution >= 0.6 is 0 Å². The second-order valence-electron chi connectivity index (χ2n) is 7.48. The lowest BCUT2D eigenvalue weighted by atomic mass is 10.00. The highest BCUT2D eigenvalue weighted by molar-refractivity contribution is 5.94. The minimum Gasteiger partial charge on any atom is -0.477 e. The van der Waals surface area contributed by atoms with Gasteiger partial charge in [0.2, 0.25) is 5.88 Å². The molecule has 0 aliphatic carbocycles. The van der Waals surface area contributed by atoms with Crippen molar-refractivity contribution in [1.82, 2.24) is 9.97 Å². The molecule has 1 atom stereocenters. The first-order valence-electron chi connectivity index (χ1n) is 10.3. The van der Waals surface area contributed by atoms with Crippen LogP contribution in [0.3, 0.4) is 0 Å². The van der Waals surface area contributed by atoms with Gasteiger partial charge in [-0.05, 0) is 48.1 Å². The van der Waals surface area contributed by atoms with E-state index in [1.807, 2.05) is 20.8 Å². The number of aromatic nitrogens is 2. The van der Waals surface area contributed by atoms with Crippen molar-refractivity contribution < 1.29 is 17.9 Å². The highest BCUT2D eigenvalue weighted by Gasteiger charge is 2.19. The van der Waals surface area contributed by atoms with Crippen molar-refractivity contribution >= 4 is 10.9 Å². The monoisotopic (exact) mass is 418 g/mol. The van der Waals surface area contributed by atoms with Gasteiger partial charge in [0.15, 0.2) is 0 Å². The number of ether oxygens (including phenoxy) is 1. The Bertz CT molecular complexity index is 960. The van der Waals surface area contributed by atoms with E-state index in [0.29, 0.717) is 34.6 Å². The second kappa shape index (κ2) is 11.0. The molecule has 162 valence electrons. The molecule has 2 heterocycles. The van der Waals surface area contributed by atoms with Crippen molar-refractivity contribution in [2.75, 3.05) is 6.61 Å². The standard InChI is InChI=1S/C22H23F3N2O.C2H6/c1-13(2)8-14(3)12-28-22-19(21(24)25)9-15(11-27-22)17-6-7-26-20-10-16(23)4-5-18(17)20;1-2/h4-7,9-11,13-14,21H,8,12H2,1-3H3;1-2H3. The fourth-order valence-corrected chi connectivity index (χ4v) is 3.36. The van der Waals surface area contributed by atoms with Crippen molar-refractivity contribution in [3.05, 3.63) is 54.1 Å². The summed E-state index contributed by atoms with van der Waals surface area (Å²) in [6.07, 6.45) is 1.26. The average molecular weight is 419 g/mol. The maximum absolute atomic E-state index is 13.6. The number of hydrogen-bond acceptors (Lipinski definition) is 3. The molecule has 0 radical (unpaired) electrons. The normalized spacial score (nSPS) is 12.1. The number of rotatable bonds is 7. The van der Waals surface area contributed by atoms with E-state index in [0.717, 1.165) is 6.42 Å². The van der Waals surface area contributed by atoms with E-state index >= 15 is 0 Å². The molecule has 0 saturated carbocycles. The van der Waals surface area contributed by atoms with Crippen molar-refractivity contribution in [1.29, 1.82) is 0 Å². The lowest BCUT2D eigenvalue weighted by Crippen LogP contribution is -2.12. The van der Waals surface area contributed by atoms with Gasteiger partial charge in [-0.15, -0.1) is 0 Å². The lowest BCUT2D eigenvalue weighted by Gasteiger charge is -2.17. The molecule has 3 nitrogen and oxygen atoms in total. The molecule has 0 aliphatic heterocycles. The second-order valence-corrected chi connectivity index (χ2v) is 7.48. The Morgan fingerprint density at radius 1 is 1.00 bits per heavy atom. The number of hydrogen-bond donors (Lipinski definition) is 0. The summed E-state index contributed by atoms with van der Waals surface area (Å²) in [6.45, 7) is 10.6. The Morgan fingerprint density at radius 2 is 1.73 bits per heavy atom. The molecule has 0 aliphatic rings. The van der Waals surface area contributed by atoms with E-state index in [9.17, 15) is 13.2 Å². The third-order valence-electron chi connectivity index (χ3n) is 4.51. The van der Waals surface area contributed by atoms with Gasteiger partial charge in [-0.25, -0.2) is 18.2 Å². The quantitative estimate of drug-likeness (QED) is 0.399. The predicted molar refractivity (Wildman–Crippen MR) is 115 cm³/mol. The van der Waals surface area contributed by atoms with Gasteiger partial charge < -0.3 is 4.74 Å². The molecule has 0 amide bonds. The number of pyridine rings is 2. The van der Waals surface area contributed by atoms with Crippen LogP contribution in [0.1, 0.15) is 53.0 Å². The van der Waals surface area contributed by atoms with Crippen LogP contribution in [0.25, 0.3) is 22.0 Å². The largest absolute Gasteiger partial charge is 0.477 e. The van der Waals surface area contributed by atoms with Crippen LogP contribution in [-0.4, -0.2) is 16.6 Å². The van der Waals surface area contributed by atoms with E-state index in [4.69, 9.17) is 4.74 Å². The van der Waals surface area contributed by atoms with Gasteiger partial charge in [0.25, 0.3) is 6.43 Å². The summed E-state index contributed by atoms with van der Waals surface area (Å²) < 4.78 is 46.3. The van der Waals surface area contributed by atoms with Crippen molar-refractivity contribution in [2.45, 2.75) is 47.5 Å². The van der Waals surface area contributed by atoms with Gasteiger partial charge in [0.1, 0.15) is 5.82 Å². The zero-order valence-electron chi connectivity index (χ0n) is 18.1. The van der Waals surface area contributed by atoms with Gasteiger partial charge in [0, 0.05) is 29.4 Å². The average Bonchev–Trinajstić information content (AvgIpc) is 2.72. The number of halogens is 3. The summed E-state index contributed by atoms with van der Waals surface area (Å²) in [7, 11) is 0. The van der Waals surface area contributed by atoms with Crippen LogP contribution in [0.15, 0.2) is 42.7 Å². The third kappa shape index (κ3) is 5.94. The van der Waals surface area contributed by atoms with Crippen LogP contribution in [0.5, 0.6) is 5.88 Å². The highest BCUT2D eigenvalue weighted by atomic mass is 19.3. The molecule has 6 heteroatoms. The molecule has 0 N–H and O–H groups in total. The predicted octanol–water partition coefficient (Wildman–Crippen LogP) is 7.46. The Balaban J connectivity index is 0.00000155. The first-order valence-corrected chi connectivity index (χ1v) is 10.3. The number of alkyl halides is 2. The van der Waals surface area contributed by atoms with Crippen LogP contribution < -0.4 is 4.74 Å². The Hall–Kier alpha value is -2.63. The van der Waals surface area contributed by atoms with Crippen molar-refractivity contribution in [2.24, 2.45) is 11.8 Å². The number of benzene rings is 1. The minimum atomic E-state index is -2.71. The van der Waals surface area contributed by atoms with Gasteiger partial charge in [0.05, 0.1) is 17.7 Å². The van der Waals surface area contributed by atoms with Crippen LogP contribution in [0, 0.1) is 17.7 Å². The van der Waals surface area contributed by atoms with Gasteiger partial charge in [-0.2, -0.15) is 0 Å². The van der Waals surface area contributed by atoms with E-state index in [-0.39, 0.29) is 17.4 Å². The minimum absolute atomic E-state index is 0.0428. The number of fused-ring (bicyclic) bond motifs is 1. The first kappa shape index (κ1) is 23.6. The molecule has 1 unspecified atom stereocenters. The summed E-state index contributed by atoms with van der Waals surface area (Å²) in [4.78, 5) is 8.30. The van der Waals surface area contributed by atoms with Crippen LogP contribution in [-0.2, 0) is 0 Å². The molecule has 2 aromatic heterocycles. The summed E-state index contributed by atoms with van der Waals surface area (Å²) >= 11 is 0. The zero-order valence-corrected chi connectivity index (χ0v) is 18.1. The van der Waals surface area contributed by atoms with Gasteiger partial charge in [-0.1, -0.05) is 34.6 Å². The van der Waals surface area contributed by atoms with E-state index in [1.165, 1.54) is 30.6 Å². The van der Waals surface area contributed by atoms with Gasteiger partial charge in [-0.3, -0.25) is 4.98 Å². The molecule has 0 bridgehead atoms. The Kier molecular flexibility index (Phi) is 8.63. The Morgan fingerprint density at radius 3 is 2.40 bits per heavy atom. The zero-order chi connectivity index (χ0) is 22.3. The van der Waals surface area contributed by atoms with Crippen molar-refractivity contribution in [3.8, 4) is 17.0 Å². The highest BCUT2D eigenvalue weighted by Crippen LogP contribution is 2.34. The summed E-state index contributed by atoms with van der Waals surface area (Å²) in [5.41, 5.74) is 1.39. The fourth-order valence-electron chi connectivity index (χ4n) is 3.36. The molecular formula is C24H29F3N2O. The van der Waals surface area contributed by atoms with Crippen molar-refractivity contribution in [3.63, 3.8) is 0 Å². The maximum atomic E-state index is 13.6. The topological polar surface area (TPSA) is 35.0 Å². The molecule has 30 heavy (non-hydrogen) atoms. The number of nitrogens with zero attached hydrogens (tertiary/aromatic N) is 2. The summed E-state index contributed by atoms with van der Waals surface area (Å²) in [5.74, 6) is 0.306. The molecule has 0 fully saturated rings. The SMILES string of the molecule is CC.CC(C)CC(C)COc1ncc(-c2ccnc3cc(F)ccc23)cc1C(F)F. The smallest absolute Gasteiger partial charge is 0.269 e. The maximum Gasteiger partial charge on any atom is 0.269 e. The lowest BCUT2D eigenvalue weighted by molar-refractivity contribution is 0.140. The fraction of sp³-hybridized carbons (Fsp3) is 0.417.